The van der Waals surface area contributed by atoms with Crippen LogP contribution >= 0.6 is 0 Å². The standard InChI is InChI=1S/C14H19NO5/c1-18-13-10-11(2-3-12(13)16)14(17)20-9-6-15-4-7-19-8-5-15/h2-3,10,16H,4-9H2,1H3/p+1. The molecular formula is C14H20NO5+. The second kappa shape index (κ2) is 7.12. The summed E-state index contributed by atoms with van der Waals surface area (Å²) < 4.78 is 15.5. The summed E-state index contributed by atoms with van der Waals surface area (Å²) in [4.78, 5) is 13.3. The first kappa shape index (κ1) is 14.6. The summed E-state index contributed by atoms with van der Waals surface area (Å²) in [6, 6.07) is 4.41. The number of nitrogens with one attached hydrogen (secondary N) is 1. The molecular weight excluding hydrogens is 262 g/mol. The van der Waals surface area contributed by atoms with Crippen LogP contribution in [0.3, 0.4) is 0 Å². The molecule has 0 saturated carbocycles. The van der Waals surface area contributed by atoms with Crippen molar-refractivity contribution in [3.05, 3.63) is 23.8 Å². The molecule has 1 aromatic rings. The number of aromatic hydroxyl groups is 1. The van der Waals surface area contributed by atoms with E-state index < -0.39 is 5.97 Å². The first-order chi connectivity index (χ1) is 9.70. The minimum Gasteiger partial charge on any atom is -0.504 e. The van der Waals surface area contributed by atoms with Crippen LogP contribution in [0.4, 0.5) is 0 Å². The molecule has 2 rings (SSSR count). The van der Waals surface area contributed by atoms with Crippen molar-refractivity contribution < 1.29 is 29.0 Å². The van der Waals surface area contributed by atoms with E-state index in [2.05, 4.69) is 0 Å². The summed E-state index contributed by atoms with van der Waals surface area (Å²) in [6.45, 7) is 4.58. The van der Waals surface area contributed by atoms with E-state index in [0.717, 1.165) is 32.8 Å². The fourth-order valence-corrected chi connectivity index (χ4v) is 2.09. The van der Waals surface area contributed by atoms with Gasteiger partial charge in [-0.1, -0.05) is 0 Å². The Bertz CT molecular complexity index is 457. The molecule has 0 amide bonds. The summed E-state index contributed by atoms with van der Waals surface area (Å²) in [5.41, 5.74) is 0.372. The molecule has 0 radical (unpaired) electrons. The number of methoxy groups -OCH3 is 1. The number of benzene rings is 1. The topological polar surface area (TPSA) is 69.4 Å². The molecule has 20 heavy (non-hydrogen) atoms. The highest BCUT2D eigenvalue weighted by atomic mass is 16.5. The van der Waals surface area contributed by atoms with E-state index in [9.17, 15) is 9.90 Å². The molecule has 2 N–H and O–H groups in total. The van der Waals surface area contributed by atoms with Gasteiger partial charge in [-0.2, -0.15) is 0 Å². The van der Waals surface area contributed by atoms with Crippen LogP contribution in [0.1, 0.15) is 10.4 Å². The number of phenols is 1. The summed E-state index contributed by atoms with van der Waals surface area (Å²) in [5, 5.41) is 9.47. The molecule has 0 aliphatic carbocycles. The molecule has 0 bridgehead atoms. The number of hydrogen-bond acceptors (Lipinski definition) is 5. The van der Waals surface area contributed by atoms with Crippen LogP contribution in [-0.2, 0) is 9.47 Å². The Labute approximate surface area is 117 Å². The average Bonchev–Trinajstić information content (AvgIpc) is 2.48. The van der Waals surface area contributed by atoms with Gasteiger partial charge in [0.1, 0.15) is 26.2 Å². The SMILES string of the molecule is COc1cc(C(=O)OCC[NH+]2CCOCC2)ccc1O. The van der Waals surface area contributed by atoms with Crippen molar-refractivity contribution in [3.63, 3.8) is 0 Å². The molecule has 0 spiro atoms. The lowest BCUT2D eigenvalue weighted by molar-refractivity contribution is -0.908. The Morgan fingerprint density at radius 2 is 2.15 bits per heavy atom. The van der Waals surface area contributed by atoms with Gasteiger partial charge in [0.2, 0.25) is 0 Å². The van der Waals surface area contributed by atoms with E-state index >= 15 is 0 Å². The van der Waals surface area contributed by atoms with Crippen molar-refractivity contribution in [2.75, 3.05) is 46.6 Å². The number of ether oxygens (including phenoxy) is 3. The minimum absolute atomic E-state index is 0.00168. The Balaban J connectivity index is 1.82. The molecule has 0 aromatic heterocycles. The minimum atomic E-state index is -0.407. The van der Waals surface area contributed by atoms with Gasteiger partial charge in [-0.3, -0.25) is 0 Å². The smallest absolute Gasteiger partial charge is 0.338 e. The molecule has 1 heterocycles. The molecule has 6 nitrogen and oxygen atoms in total. The van der Waals surface area contributed by atoms with Crippen molar-refractivity contribution in [3.8, 4) is 11.5 Å². The number of esters is 1. The lowest BCUT2D eigenvalue weighted by Gasteiger charge is -2.23. The third kappa shape index (κ3) is 3.85. The van der Waals surface area contributed by atoms with Crippen LogP contribution in [0.5, 0.6) is 11.5 Å². The quantitative estimate of drug-likeness (QED) is 0.711. The van der Waals surface area contributed by atoms with Crippen molar-refractivity contribution >= 4 is 5.97 Å². The van der Waals surface area contributed by atoms with Gasteiger partial charge in [0.15, 0.2) is 11.5 Å². The summed E-state index contributed by atoms with van der Waals surface area (Å²) in [5.74, 6) is -0.143. The maximum atomic E-state index is 11.9. The molecule has 110 valence electrons. The highest BCUT2D eigenvalue weighted by molar-refractivity contribution is 5.90. The number of hydrogen-bond donors (Lipinski definition) is 2. The molecule has 0 unspecified atom stereocenters. The second-order valence-electron chi connectivity index (χ2n) is 4.63. The Kier molecular flexibility index (Phi) is 5.20. The first-order valence-corrected chi connectivity index (χ1v) is 6.66. The van der Waals surface area contributed by atoms with Gasteiger partial charge in [0.05, 0.1) is 25.9 Å². The number of quaternary nitrogens is 1. The van der Waals surface area contributed by atoms with Crippen LogP contribution in [0.25, 0.3) is 0 Å². The fraction of sp³-hybridized carbons (Fsp3) is 0.500. The molecule has 1 fully saturated rings. The zero-order valence-electron chi connectivity index (χ0n) is 11.6. The van der Waals surface area contributed by atoms with Gasteiger partial charge in [-0.25, -0.2) is 4.79 Å². The van der Waals surface area contributed by atoms with Gasteiger partial charge in [0, 0.05) is 0 Å². The van der Waals surface area contributed by atoms with Gasteiger partial charge < -0.3 is 24.2 Å². The predicted molar refractivity (Wildman–Crippen MR) is 71.3 cm³/mol. The zero-order valence-corrected chi connectivity index (χ0v) is 11.6. The van der Waals surface area contributed by atoms with Crippen molar-refractivity contribution in [2.45, 2.75) is 0 Å². The van der Waals surface area contributed by atoms with Crippen LogP contribution in [0.15, 0.2) is 18.2 Å². The number of carbonyl (C=O) groups excluding carboxylic acids is 1. The molecule has 6 heteroatoms. The molecule has 1 aromatic carbocycles. The summed E-state index contributed by atoms with van der Waals surface area (Å²) >= 11 is 0. The van der Waals surface area contributed by atoms with E-state index in [0.29, 0.717) is 12.2 Å². The third-order valence-electron chi connectivity index (χ3n) is 3.30. The molecule has 1 saturated heterocycles. The normalized spacial score (nSPS) is 15.8. The number of rotatable bonds is 5. The van der Waals surface area contributed by atoms with E-state index in [1.54, 1.807) is 0 Å². The Morgan fingerprint density at radius 3 is 2.85 bits per heavy atom. The molecule has 0 atom stereocenters. The number of phenolic OH excluding ortho intramolecular Hbond substituents is 1. The first-order valence-electron chi connectivity index (χ1n) is 6.66. The van der Waals surface area contributed by atoms with Crippen LogP contribution in [0.2, 0.25) is 0 Å². The van der Waals surface area contributed by atoms with Crippen LogP contribution in [-0.4, -0.2) is 57.6 Å². The van der Waals surface area contributed by atoms with Gasteiger partial charge in [-0.15, -0.1) is 0 Å². The van der Waals surface area contributed by atoms with E-state index in [-0.39, 0.29) is 11.5 Å². The van der Waals surface area contributed by atoms with Gasteiger partial charge >= 0.3 is 5.97 Å². The maximum Gasteiger partial charge on any atom is 0.338 e. The second-order valence-corrected chi connectivity index (χ2v) is 4.63. The molecule has 1 aliphatic rings. The van der Waals surface area contributed by atoms with Crippen molar-refractivity contribution in [1.82, 2.24) is 0 Å². The monoisotopic (exact) mass is 282 g/mol. The number of carbonyl (C=O) groups is 1. The van der Waals surface area contributed by atoms with Gasteiger partial charge in [-0.05, 0) is 18.2 Å². The Hall–Kier alpha value is -1.79. The predicted octanol–water partition coefficient (Wildman–Crippen LogP) is -0.527. The van der Waals surface area contributed by atoms with Crippen molar-refractivity contribution in [2.24, 2.45) is 0 Å². The van der Waals surface area contributed by atoms with E-state index in [4.69, 9.17) is 14.2 Å². The highest BCUT2D eigenvalue weighted by Gasteiger charge is 2.15. The zero-order chi connectivity index (χ0) is 14.4. The lowest BCUT2D eigenvalue weighted by atomic mass is 10.2. The molecule has 1 aliphatic heterocycles. The van der Waals surface area contributed by atoms with E-state index in [1.807, 2.05) is 0 Å². The summed E-state index contributed by atoms with van der Waals surface area (Å²) in [7, 11) is 1.44. The maximum absolute atomic E-state index is 11.9. The number of morpholine rings is 1. The highest BCUT2D eigenvalue weighted by Crippen LogP contribution is 2.26. The van der Waals surface area contributed by atoms with Crippen molar-refractivity contribution in [1.29, 1.82) is 0 Å². The van der Waals surface area contributed by atoms with Gasteiger partial charge in [0.25, 0.3) is 0 Å². The van der Waals surface area contributed by atoms with Crippen LogP contribution in [0, 0.1) is 0 Å². The fourth-order valence-electron chi connectivity index (χ4n) is 2.09. The summed E-state index contributed by atoms with van der Waals surface area (Å²) in [6.07, 6.45) is 0. The third-order valence-corrected chi connectivity index (χ3v) is 3.30. The van der Waals surface area contributed by atoms with E-state index in [1.165, 1.54) is 30.2 Å². The van der Waals surface area contributed by atoms with Crippen LogP contribution < -0.4 is 9.64 Å². The largest absolute Gasteiger partial charge is 0.504 e. The average molecular weight is 282 g/mol. The Morgan fingerprint density at radius 1 is 1.40 bits per heavy atom. The lowest BCUT2D eigenvalue weighted by Crippen LogP contribution is -3.14.